The summed E-state index contributed by atoms with van der Waals surface area (Å²) in [5, 5.41) is 12.5. The summed E-state index contributed by atoms with van der Waals surface area (Å²) in [6.45, 7) is -2.91. The quantitative estimate of drug-likeness (QED) is 0.781. The zero-order valence-electron chi connectivity index (χ0n) is 12.4. The van der Waals surface area contributed by atoms with Gasteiger partial charge in [-0.15, -0.1) is 5.10 Å². The smallest absolute Gasteiger partial charge is 0.291 e. The third-order valence-electron chi connectivity index (χ3n) is 3.37. The zero-order valence-corrected chi connectivity index (χ0v) is 12.4. The lowest BCUT2D eigenvalue weighted by Gasteiger charge is -2.16. The van der Waals surface area contributed by atoms with Gasteiger partial charge in [0, 0.05) is 0 Å². The molecular formula is C16H13F2N5O. The Morgan fingerprint density at radius 1 is 0.958 bits per heavy atom. The van der Waals surface area contributed by atoms with E-state index in [1.165, 1.54) is 0 Å². The molecule has 122 valence electrons. The first kappa shape index (κ1) is 15.7. The summed E-state index contributed by atoms with van der Waals surface area (Å²) < 4.78 is 25.0. The Balaban J connectivity index is 1.89. The number of nitrogens with zero attached hydrogens (tertiary/aromatic N) is 4. The maximum absolute atomic E-state index is 12.7. The average molecular weight is 329 g/mol. The van der Waals surface area contributed by atoms with E-state index in [2.05, 4.69) is 20.7 Å². The van der Waals surface area contributed by atoms with Crippen LogP contribution in [0.2, 0.25) is 0 Å². The average Bonchev–Trinajstić information content (AvgIpc) is 3.06. The van der Waals surface area contributed by atoms with Gasteiger partial charge in [0.15, 0.2) is 0 Å². The molecule has 1 heterocycles. The monoisotopic (exact) mass is 329 g/mol. The van der Waals surface area contributed by atoms with Crippen molar-refractivity contribution < 1.29 is 13.6 Å². The van der Waals surface area contributed by atoms with Crippen molar-refractivity contribution in [3.8, 4) is 0 Å². The molecule has 0 aliphatic carbocycles. The SMILES string of the molecule is O=C(Nc1nnn(C(F)F)n1)C(c1ccccc1)c1ccccc1. The number of nitrogens with one attached hydrogen (secondary N) is 1. The van der Waals surface area contributed by atoms with Gasteiger partial charge in [-0.05, 0) is 16.3 Å². The Labute approximate surface area is 136 Å². The molecule has 0 atom stereocenters. The first-order chi connectivity index (χ1) is 11.6. The van der Waals surface area contributed by atoms with Crippen LogP contribution in [0.1, 0.15) is 23.6 Å². The summed E-state index contributed by atoms with van der Waals surface area (Å²) in [4.78, 5) is 12.8. The second-order valence-corrected chi connectivity index (χ2v) is 4.95. The summed E-state index contributed by atoms with van der Waals surface area (Å²) in [7, 11) is 0. The molecule has 0 saturated heterocycles. The van der Waals surface area contributed by atoms with E-state index in [4.69, 9.17) is 0 Å². The second kappa shape index (κ2) is 6.95. The number of halogens is 2. The van der Waals surface area contributed by atoms with E-state index < -0.39 is 18.4 Å². The first-order valence-corrected chi connectivity index (χ1v) is 7.13. The number of anilines is 1. The summed E-state index contributed by atoms with van der Waals surface area (Å²) >= 11 is 0. The third-order valence-corrected chi connectivity index (χ3v) is 3.37. The molecule has 8 heteroatoms. The van der Waals surface area contributed by atoms with Crippen molar-refractivity contribution in [2.24, 2.45) is 0 Å². The van der Waals surface area contributed by atoms with Crippen molar-refractivity contribution in [2.75, 3.05) is 5.32 Å². The van der Waals surface area contributed by atoms with Crippen LogP contribution in [0.3, 0.4) is 0 Å². The standard InChI is InChI=1S/C16H13F2N5O/c17-15(18)23-21-16(20-22-23)19-14(24)13(11-7-3-1-4-8-11)12-9-5-2-6-10-12/h1-10,13,15H,(H,19,21,24). The summed E-state index contributed by atoms with van der Waals surface area (Å²) in [5.41, 5.74) is 1.53. The molecule has 1 N–H and O–H groups in total. The molecule has 0 bridgehead atoms. The minimum absolute atomic E-state index is 0.135. The zero-order chi connectivity index (χ0) is 16.9. The number of benzene rings is 2. The number of carbonyl (C=O) groups is 1. The first-order valence-electron chi connectivity index (χ1n) is 7.13. The van der Waals surface area contributed by atoms with Crippen molar-refractivity contribution in [2.45, 2.75) is 12.5 Å². The van der Waals surface area contributed by atoms with Gasteiger partial charge in [-0.2, -0.15) is 8.78 Å². The predicted molar refractivity (Wildman–Crippen MR) is 82.4 cm³/mol. The van der Waals surface area contributed by atoms with Gasteiger partial charge < -0.3 is 0 Å². The van der Waals surface area contributed by atoms with Crippen LogP contribution in [0, 0.1) is 0 Å². The molecule has 1 amide bonds. The summed E-state index contributed by atoms with van der Waals surface area (Å²) in [6, 6.07) is 18.3. The lowest BCUT2D eigenvalue weighted by atomic mass is 9.90. The highest BCUT2D eigenvalue weighted by molar-refractivity contribution is 5.96. The minimum atomic E-state index is -2.91. The highest BCUT2D eigenvalue weighted by Gasteiger charge is 2.24. The molecule has 0 aliphatic rings. The number of hydrogen-bond acceptors (Lipinski definition) is 4. The van der Waals surface area contributed by atoms with Crippen molar-refractivity contribution in [1.82, 2.24) is 20.2 Å². The van der Waals surface area contributed by atoms with Crippen molar-refractivity contribution >= 4 is 11.9 Å². The van der Waals surface area contributed by atoms with E-state index in [0.29, 0.717) is 0 Å². The number of amides is 1. The molecule has 0 spiro atoms. The Morgan fingerprint density at radius 2 is 1.50 bits per heavy atom. The molecule has 0 aliphatic heterocycles. The number of alkyl halides is 2. The maximum Gasteiger partial charge on any atom is 0.350 e. The fraction of sp³-hybridized carbons (Fsp3) is 0.125. The topological polar surface area (TPSA) is 72.7 Å². The van der Waals surface area contributed by atoms with Gasteiger partial charge in [0.2, 0.25) is 5.91 Å². The Morgan fingerprint density at radius 3 is 1.96 bits per heavy atom. The van der Waals surface area contributed by atoms with Gasteiger partial charge in [0.1, 0.15) is 0 Å². The number of aromatic nitrogens is 4. The van der Waals surface area contributed by atoms with Crippen molar-refractivity contribution in [3.63, 3.8) is 0 Å². The van der Waals surface area contributed by atoms with Gasteiger partial charge in [0.05, 0.1) is 5.92 Å². The molecule has 0 saturated carbocycles. The summed E-state index contributed by atoms with van der Waals surface area (Å²) in [6.07, 6.45) is 0. The van der Waals surface area contributed by atoms with Crippen LogP contribution >= 0.6 is 0 Å². The number of carbonyl (C=O) groups excluding carboxylic acids is 1. The molecule has 0 radical (unpaired) electrons. The van der Waals surface area contributed by atoms with Crippen LogP contribution in [-0.2, 0) is 4.79 Å². The van der Waals surface area contributed by atoms with Crippen molar-refractivity contribution in [1.29, 1.82) is 0 Å². The maximum atomic E-state index is 12.7. The van der Waals surface area contributed by atoms with E-state index in [-0.39, 0.29) is 10.7 Å². The number of tetrazole rings is 1. The van der Waals surface area contributed by atoms with Gasteiger partial charge >= 0.3 is 6.55 Å². The van der Waals surface area contributed by atoms with Gasteiger partial charge in [-0.3, -0.25) is 10.1 Å². The molecule has 3 aromatic rings. The van der Waals surface area contributed by atoms with Crippen molar-refractivity contribution in [3.05, 3.63) is 71.8 Å². The van der Waals surface area contributed by atoms with Gasteiger partial charge in [0.25, 0.3) is 5.95 Å². The fourth-order valence-corrected chi connectivity index (χ4v) is 2.33. The van der Waals surface area contributed by atoms with Crippen LogP contribution in [0.4, 0.5) is 14.7 Å². The van der Waals surface area contributed by atoms with Crippen LogP contribution in [0.15, 0.2) is 60.7 Å². The van der Waals surface area contributed by atoms with Crippen LogP contribution in [0.25, 0.3) is 0 Å². The van der Waals surface area contributed by atoms with E-state index in [0.717, 1.165) is 11.1 Å². The molecule has 0 unspecified atom stereocenters. The Bertz CT molecular complexity index is 768. The van der Waals surface area contributed by atoms with Crippen LogP contribution < -0.4 is 5.32 Å². The molecular weight excluding hydrogens is 316 g/mol. The second-order valence-electron chi connectivity index (χ2n) is 4.95. The molecule has 3 rings (SSSR count). The highest BCUT2D eigenvalue weighted by atomic mass is 19.3. The number of rotatable bonds is 5. The molecule has 24 heavy (non-hydrogen) atoms. The van der Waals surface area contributed by atoms with Gasteiger partial charge in [-0.25, -0.2) is 0 Å². The Hall–Kier alpha value is -3.16. The highest BCUT2D eigenvalue weighted by Crippen LogP contribution is 2.25. The molecule has 0 fully saturated rings. The van der Waals surface area contributed by atoms with E-state index in [1.54, 1.807) is 0 Å². The fourth-order valence-electron chi connectivity index (χ4n) is 2.33. The van der Waals surface area contributed by atoms with Gasteiger partial charge in [-0.1, -0.05) is 70.6 Å². The largest absolute Gasteiger partial charge is 0.350 e. The van der Waals surface area contributed by atoms with E-state index in [9.17, 15) is 13.6 Å². The molecule has 2 aromatic carbocycles. The minimum Gasteiger partial charge on any atom is -0.291 e. The van der Waals surface area contributed by atoms with Crippen LogP contribution in [-0.4, -0.2) is 26.1 Å². The third kappa shape index (κ3) is 3.43. The number of hydrogen-bond donors (Lipinski definition) is 1. The molecule has 6 nitrogen and oxygen atoms in total. The lowest BCUT2D eigenvalue weighted by molar-refractivity contribution is -0.116. The predicted octanol–water partition coefficient (Wildman–Crippen LogP) is 2.84. The Kier molecular flexibility index (Phi) is 4.55. The van der Waals surface area contributed by atoms with Crippen LogP contribution in [0.5, 0.6) is 0 Å². The normalized spacial score (nSPS) is 11.0. The van der Waals surface area contributed by atoms with E-state index >= 15 is 0 Å². The summed E-state index contributed by atoms with van der Waals surface area (Å²) in [5.74, 6) is -1.32. The molecule has 1 aromatic heterocycles. The lowest BCUT2D eigenvalue weighted by Crippen LogP contribution is -2.23. The van der Waals surface area contributed by atoms with E-state index in [1.807, 2.05) is 60.7 Å².